The van der Waals surface area contributed by atoms with E-state index in [1.807, 2.05) is 0 Å². The van der Waals surface area contributed by atoms with Gasteiger partial charge in [0, 0.05) is 23.6 Å². The molecule has 7 nitrogen and oxygen atoms in total. The molecule has 0 amide bonds. The van der Waals surface area contributed by atoms with Crippen LogP contribution in [0.3, 0.4) is 0 Å². The van der Waals surface area contributed by atoms with E-state index in [1.54, 1.807) is 97.1 Å². The zero-order valence-corrected chi connectivity index (χ0v) is 23.1. The summed E-state index contributed by atoms with van der Waals surface area (Å²) in [6.07, 6.45) is 2.61. The van der Waals surface area contributed by atoms with E-state index in [0.29, 0.717) is 33.8 Å². The number of esters is 3. The zero-order chi connectivity index (χ0) is 30.6. The van der Waals surface area contributed by atoms with E-state index in [1.165, 1.54) is 6.08 Å². The summed E-state index contributed by atoms with van der Waals surface area (Å²) in [7, 11) is 0. The normalized spacial score (nSPS) is 9.95. The number of ether oxygens (including phenoxy) is 3. The molecule has 4 aromatic rings. The quantitative estimate of drug-likeness (QED) is 0.0991. The second-order valence-corrected chi connectivity index (χ2v) is 9.13. The largest absolute Gasteiger partial charge is 0.458 e. The van der Waals surface area contributed by atoms with Crippen molar-refractivity contribution in [2.75, 3.05) is 0 Å². The highest BCUT2D eigenvalue weighted by Crippen LogP contribution is 2.17. The lowest BCUT2D eigenvalue weighted by molar-refractivity contribution is -0.139. The molecule has 43 heavy (non-hydrogen) atoms. The molecule has 0 aliphatic rings. The molecule has 7 heteroatoms. The van der Waals surface area contributed by atoms with Crippen molar-refractivity contribution >= 4 is 23.7 Å². The Bertz CT molecular complexity index is 1700. The van der Waals surface area contributed by atoms with Crippen molar-refractivity contribution in [2.24, 2.45) is 0 Å². The van der Waals surface area contributed by atoms with E-state index in [0.717, 1.165) is 17.2 Å². The molecule has 212 valence electrons. The second-order valence-electron chi connectivity index (χ2n) is 9.13. The Morgan fingerprint density at radius 2 is 1.02 bits per heavy atom. The van der Waals surface area contributed by atoms with Gasteiger partial charge in [-0.3, -0.25) is 4.79 Å². The van der Waals surface area contributed by atoms with Crippen molar-refractivity contribution in [2.45, 2.75) is 13.0 Å². The standard InChI is InChI=1S/C36H26O7/c1-3-31(37)23-27-11-19-32(20-12-27)42-35(39)29-15-7-25(8-16-29)5-6-26-9-17-30(18-10-26)36(40)43-33-21-13-28(14-22-33)24-41-34(38)4-2/h3-4,7-22H,1-2,23-24H2. The van der Waals surface area contributed by atoms with Crippen LogP contribution in [0.15, 0.2) is 122 Å². The summed E-state index contributed by atoms with van der Waals surface area (Å²) in [5.41, 5.74) is 3.66. The van der Waals surface area contributed by atoms with E-state index in [4.69, 9.17) is 14.2 Å². The minimum absolute atomic E-state index is 0.0862. The van der Waals surface area contributed by atoms with Gasteiger partial charge in [-0.05, 0) is 90.0 Å². The smallest absolute Gasteiger partial charge is 0.343 e. The lowest BCUT2D eigenvalue weighted by Crippen LogP contribution is -2.08. The van der Waals surface area contributed by atoms with Gasteiger partial charge < -0.3 is 14.2 Å². The van der Waals surface area contributed by atoms with Crippen molar-refractivity contribution in [3.8, 4) is 23.3 Å². The molecule has 0 unspecified atom stereocenters. The average Bonchev–Trinajstić information content (AvgIpc) is 3.04. The van der Waals surface area contributed by atoms with Gasteiger partial charge in [-0.15, -0.1) is 0 Å². The van der Waals surface area contributed by atoms with Crippen LogP contribution in [0.1, 0.15) is 43.0 Å². The van der Waals surface area contributed by atoms with Crippen LogP contribution in [0.2, 0.25) is 0 Å². The van der Waals surface area contributed by atoms with Gasteiger partial charge in [-0.25, -0.2) is 14.4 Å². The van der Waals surface area contributed by atoms with Gasteiger partial charge in [0.2, 0.25) is 0 Å². The third-order valence-electron chi connectivity index (χ3n) is 6.01. The molecular formula is C36H26O7. The zero-order valence-electron chi connectivity index (χ0n) is 23.1. The number of carbonyl (C=O) groups excluding carboxylic acids is 4. The summed E-state index contributed by atoms with van der Waals surface area (Å²) in [5.74, 6) is 5.15. The van der Waals surface area contributed by atoms with Crippen molar-refractivity contribution in [3.05, 3.63) is 156 Å². The molecule has 0 saturated carbocycles. The highest BCUT2D eigenvalue weighted by atomic mass is 16.5. The molecule has 0 bridgehead atoms. The Hall–Kier alpha value is -6.00. The number of allylic oxidation sites excluding steroid dienone is 1. The van der Waals surface area contributed by atoms with Gasteiger partial charge in [-0.2, -0.15) is 0 Å². The summed E-state index contributed by atoms with van der Waals surface area (Å²) in [4.78, 5) is 47.7. The summed E-state index contributed by atoms with van der Waals surface area (Å²) in [5, 5.41) is 0. The fourth-order valence-corrected chi connectivity index (χ4v) is 3.67. The molecule has 4 aromatic carbocycles. The van der Waals surface area contributed by atoms with Gasteiger partial charge in [-0.1, -0.05) is 49.3 Å². The first-order chi connectivity index (χ1) is 20.8. The maximum atomic E-state index is 12.5. The third kappa shape index (κ3) is 9.00. The van der Waals surface area contributed by atoms with Gasteiger partial charge in [0.1, 0.15) is 18.1 Å². The highest BCUT2D eigenvalue weighted by Gasteiger charge is 2.10. The van der Waals surface area contributed by atoms with E-state index in [-0.39, 0.29) is 18.8 Å². The molecule has 0 radical (unpaired) electrons. The van der Waals surface area contributed by atoms with E-state index in [2.05, 4.69) is 25.0 Å². The molecule has 0 heterocycles. The predicted octanol–water partition coefficient (Wildman–Crippen LogP) is 6.05. The highest BCUT2D eigenvalue weighted by molar-refractivity contribution is 5.92. The van der Waals surface area contributed by atoms with Gasteiger partial charge >= 0.3 is 17.9 Å². The fraction of sp³-hybridized carbons (Fsp3) is 0.0556. The predicted molar refractivity (Wildman–Crippen MR) is 161 cm³/mol. The average molecular weight is 571 g/mol. The topological polar surface area (TPSA) is 96.0 Å². The Morgan fingerprint density at radius 3 is 1.44 bits per heavy atom. The fourth-order valence-electron chi connectivity index (χ4n) is 3.67. The minimum atomic E-state index is -0.522. The third-order valence-corrected chi connectivity index (χ3v) is 6.01. The Labute approximate surface area is 249 Å². The molecule has 0 atom stereocenters. The summed E-state index contributed by atoms with van der Waals surface area (Å²) in [6.45, 7) is 6.90. The Balaban J connectivity index is 1.29. The molecule has 0 aliphatic carbocycles. The molecule has 0 saturated heterocycles. The maximum absolute atomic E-state index is 12.5. The lowest BCUT2D eigenvalue weighted by atomic mass is 10.1. The van der Waals surface area contributed by atoms with Crippen LogP contribution >= 0.6 is 0 Å². The first-order valence-corrected chi connectivity index (χ1v) is 13.1. The number of carbonyl (C=O) groups is 4. The molecule has 0 N–H and O–H groups in total. The number of rotatable bonds is 10. The lowest BCUT2D eigenvalue weighted by Gasteiger charge is -2.06. The van der Waals surface area contributed by atoms with Gasteiger partial charge in [0.25, 0.3) is 0 Å². The number of hydrogen-bond acceptors (Lipinski definition) is 7. The molecule has 0 spiro atoms. The minimum Gasteiger partial charge on any atom is -0.458 e. The van der Waals surface area contributed by atoms with Gasteiger partial charge in [0.05, 0.1) is 11.1 Å². The molecule has 0 aliphatic heterocycles. The van der Waals surface area contributed by atoms with Crippen LogP contribution < -0.4 is 9.47 Å². The first-order valence-electron chi connectivity index (χ1n) is 13.1. The van der Waals surface area contributed by atoms with Crippen molar-refractivity contribution < 1.29 is 33.4 Å². The number of ketones is 1. The summed E-state index contributed by atoms with van der Waals surface area (Å²) >= 11 is 0. The van der Waals surface area contributed by atoms with Crippen LogP contribution in [0.25, 0.3) is 0 Å². The van der Waals surface area contributed by atoms with Crippen LogP contribution in [-0.2, 0) is 27.4 Å². The van der Waals surface area contributed by atoms with Crippen molar-refractivity contribution in [1.29, 1.82) is 0 Å². The van der Waals surface area contributed by atoms with E-state index >= 15 is 0 Å². The van der Waals surface area contributed by atoms with Crippen LogP contribution in [0.4, 0.5) is 0 Å². The van der Waals surface area contributed by atoms with Crippen LogP contribution in [-0.4, -0.2) is 23.7 Å². The SMILES string of the molecule is C=CC(=O)Cc1ccc(OC(=O)c2ccc(C#Cc3ccc(C(=O)Oc4ccc(COC(=O)C=C)cc4)cc3)cc2)cc1. The van der Waals surface area contributed by atoms with Gasteiger partial charge in [0.15, 0.2) is 5.78 Å². The molecule has 4 rings (SSSR count). The summed E-state index contributed by atoms with van der Waals surface area (Å²) in [6, 6.07) is 26.7. The number of benzene rings is 4. The summed E-state index contributed by atoms with van der Waals surface area (Å²) < 4.78 is 15.8. The van der Waals surface area contributed by atoms with E-state index < -0.39 is 17.9 Å². The monoisotopic (exact) mass is 570 g/mol. The van der Waals surface area contributed by atoms with Crippen LogP contribution in [0, 0.1) is 11.8 Å². The Morgan fingerprint density at radius 1 is 0.581 bits per heavy atom. The first kappa shape index (κ1) is 30.0. The van der Waals surface area contributed by atoms with Crippen LogP contribution in [0.5, 0.6) is 11.5 Å². The van der Waals surface area contributed by atoms with Crippen molar-refractivity contribution in [3.63, 3.8) is 0 Å². The maximum Gasteiger partial charge on any atom is 0.343 e. The molecule has 0 aromatic heterocycles. The molecule has 0 fully saturated rings. The Kier molecular flexibility index (Phi) is 10.2. The molecular weight excluding hydrogens is 544 g/mol. The van der Waals surface area contributed by atoms with E-state index in [9.17, 15) is 19.2 Å². The number of hydrogen-bond donors (Lipinski definition) is 0. The van der Waals surface area contributed by atoms with Crippen molar-refractivity contribution in [1.82, 2.24) is 0 Å². The second kappa shape index (κ2) is 14.6.